The van der Waals surface area contributed by atoms with E-state index in [2.05, 4.69) is 10.3 Å². The van der Waals surface area contributed by atoms with Crippen LogP contribution in [0.4, 0.5) is 0 Å². The fourth-order valence-corrected chi connectivity index (χ4v) is 1.96. The van der Waals surface area contributed by atoms with E-state index in [1.807, 2.05) is 6.92 Å². The summed E-state index contributed by atoms with van der Waals surface area (Å²) in [5.41, 5.74) is 5.71. The molecule has 1 fully saturated rings. The molecule has 84 valence electrons. The fourth-order valence-electron chi connectivity index (χ4n) is 1.96. The minimum atomic E-state index is 0.130. The summed E-state index contributed by atoms with van der Waals surface area (Å²) < 4.78 is 5.68. The minimum absolute atomic E-state index is 0.130. The van der Waals surface area contributed by atoms with Crippen LogP contribution in [0.25, 0.3) is 0 Å². The maximum absolute atomic E-state index is 5.71. The Balaban J connectivity index is 1.99. The van der Waals surface area contributed by atoms with Crippen LogP contribution in [0.1, 0.15) is 43.9 Å². The Morgan fingerprint density at radius 3 is 3.20 bits per heavy atom. The molecule has 4 nitrogen and oxygen atoms in total. The van der Waals surface area contributed by atoms with Crippen LogP contribution in [-0.2, 0) is 6.42 Å². The lowest BCUT2D eigenvalue weighted by Crippen LogP contribution is -2.26. The van der Waals surface area contributed by atoms with E-state index >= 15 is 0 Å². The van der Waals surface area contributed by atoms with E-state index in [0.717, 1.165) is 31.0 Å². The Hall–Kier alpha value is -0.870. The molecule has 2 heterocycles. The van der Waals surface area contributed by atoms with E-state index in [0.29, 0.717) is 6.04 Å². The van der Waals surface area contributed by atoms with Gasteiger partial charge in [-0.2, -0.15) is 0 Å². The Morgan fingerprint density at radius 1 is 1.67 bits per heavy atom. The van der Waals surface area contributed by atoms with Crippen LogP contribution in [0.5, 0.6) is 0 Å². The topological polar surface area (TPSA) is 64.1 Å². The molecule has 1 aromatic rings. The largest absolute Gasteiger partial charge is 0.444 e. The smallest absolute Gasteiger partial charge is 0.211 e. The van der Waals surface area contributed by atoms with Gasteiger partial charge in [0.15, 0.2) is 0 Å². The van der Waals surface area contributed by atoms with E-state index in [4.69, 9.17) is 10.2 Å². The number of hydrogen-bond donors (Lipinski definition) is 2. The molecule has 2 unspecified atom stereocenters. The SMILES string of the molecule is CC(N)Cc1cnc(C2CCCCN2)o1. The van der Waals surface area contributed by atoms with E-state index in [-0.39, 0.29) is 6.04 Å². The summed E-state index contributed by atoms with van der Waals surface area (Å²) >= 11 is 0. The molecule has 2 rings (SSSR count). The van der Waals surface area contributed by atoms with Gasteiger partial charge in [-0.1, -0.05) is 6.42 Å². The third-order valence-corrected chi connectivity index (χ3v) is 2.70. The van der Waals surface area contributed by atoms with E-state index in [1.165, 1.54) is 12.8 Å². The molecule has 0 spiro atoms. The van der Waals surface area contributed by atoms with Crippen LogP contribution in [0, 0.1) is 0 Å². The summed E-state index contributed by atoms with van der Waals surface area (Å²) in [7, 11) is 0. The van der Waals surface area contributed by atoms with Gasteiger partial charge < -0.3 is 15.5 Å². The summed E-state index contributed by atoms with van der Waals surface area (Å²) in [4.78, 5) is 4.31. The summed E-state index contributed by atoms with van der Waals surface area (Å²) in [6, 6.07) is 0.436. The van der Waals surface area contributed by atoms with Gasteiger partial charge in [0, 0.05) is 12.5 Å². The molecule has 1 aliphatic rings. The Kier molecular flexibility index (Phi) is 3.38. The second-order valence-electron chi connectivity index (χ2n) is 4.35. The molecule has 0 bridgehead atoms. The van der Waals surface area contributed by atoms with Crippen molar-refractivity contribution in [3.05, 3.63) is 17.8 Å². The molecule has 0 radical (unpaired) electrons. The molecule has 0 aliphatic carbocycles. The Labute approximate surface area is 90.2 Å². The molecule has 0 saturated carbocycles. The second kappa shape index (κ2) is 4.77. The van der Waals surface area contributed by atoms with Crippen molar-refractivity contribution in [1.82, 2.24) is 10.3 Å². The number of oxazole rings is 1. The molecule has 15 heavy (non-hydrogen) atoms. The van der Waals surface area contributed by atoms with Crippen molar-refractivity contribution in [1.29, 1.82) is 0 Å². The fraction of sp³-hybridized carbons (Fsp3) is 0.727. The van der Waals surface area contributed by atoms with Crippen LogP contribution < -0.4 is 11.1 Å². The van der Waals surface area contributed by atoms with Gasteiger partial charge in [-0.05, 0) is 26.3 Å². The van der Waals surface area contributed by atoms with Crippen molar-refractivity contribution in [2.75, 3.05) is 6.54 Å². The van der Waals surface area contributed by atoms with Crippen molar-refractivity contribution in [2.24, 2.45) is 5.73 Å². The predicted octanol–water partition coefficient (Wildman–Crippen LogP) is 1.38. The lowest BCUT2D eigenvalue weighted by molar-refractivity contribution is 0.327. The first-order chi connectivity index (χ1) is 7.25. The summed E-state index contributed by atoms with van der Waals surface area (Å²) in [6.45, 7) is 3.04. The number of piperidine rings is 1. The molecule has 4 heteroatoms. The average Bonchev–Trinajstić information content (AvgIpc) is 2.67. The molecule has 0 aromatic carbocycles. The Morgan fingerprint density at radius 2 is 2.53 bits per heavy atom. The third-order valence-electron chi connectivity index (χ3n) is 2.70. The van der Waals surface area contributed by atoms with Gasteiger partial charge in [0.2, 0.25) is 5.89 Å². The lowest BCUT2D eigenvalue weighted by atomic mass is 10.1. The Bertz CT molecular complexity index is 303. The number of hydrogen-bond acceptors (Lipinski definition) is 4. The highest BCUT2D eigenvalue weighted by Gasteiger charge is 2.19. The van der Waals surface area contributed by atoms with E-state index in [1.54, 1.807) is 6.20 Å². The molecular weight excluding hydrogens is 190 g/mol. The van der Waals surface area contributed by atoms with Crippen molar-refractivity contribution in [3.63, 3.8) is 0 Å². The van der Waals surface area contributed by atoms with Gasteiger partial charge in [0.1, 0.15) is 5.76 Å². The van der Waals surface area contributed by atoms with E-state index in [9.17, 15) is 0 Å². The van der Waals surface area contributed by atoms with E-state index < -0.39 is 0 Å². The predicted molar refractivity (Wildman–Crippen MR) is 58.5 cm³/mol. The van der Waals surface area contributed by atoms with Crippen LogP contribution in [-0.4, -0.2) is 17.6 Å². The highest BCUT2D eigenvalue weighted by Crippen LogP contribution is 2.22. The minimum Gasteiger partial charge on any atom is -0.444 e. The van der Waals surface area contributed by atoms with Gasteiger partial charge >= 0.3 is 0 Å². The summed E-state index contributed by atoms with van der Waals surface area (Å²) in [5, 5.41) is 3.41. The quantitative estimate of drug-likeness (QED) is 0.789. The maximum Gasteiger partial charge on any atom is 0.211 e. The number of nitrogens with one attached hydrogen (secondary N) is 1. The second-order valence-corrected chi connectivity index (χ2v) is 4.35. The summed E-state index contributed by atoms with van der Waals surface area (Å²) in [6.07, 6.45) is 6.19. The van der Waals surface area contributed by atoms with Crippen molar-refractivity contribution >= 4 is 0 Å². The van der Waals surface area contributed by atoms with Crippen molar-refractivity contribution < 1.29 is 4.42 Å². The monoisotopic (exact) mass is 209 g/mol. The standard InChI is InChI=1S/C11H19N3O/c1-8(12)6-9-7-14-11(15-9)10-4-2-3-5-13-10/h7-8,10,13H,2-6,12H2,1H3. The lowest BCUT2D eigenvalue weighted by Gasteiger charge is -2.20. The van der Waals surface area contributed by atoms with Gasteiger partial charge in [-0.3, -0.25) is 0 Å². The normalized spacial score (nSPS) is 24.0. The van der Waals surface area contributed by atoms with Gasteiger partial charge in [-0.25, -0.2) is 4.98 Å². The zero-order valence-corrected chi connectivity index (χ0v) is 9.20. The van der Waals surface area contributed by atoms with Crippen molar-refractivity contribution in [3.8, 4) is 0 Å². The first-order valence-electron chi connectivity index (χ1n) is 5.69. The van der Waals surface area contributed by atoms with Crippen molar-refractivity contribution in [2.45, 2.75) is 44.7 Å². The molecular formula is C11H19N3O. The van der Waals surface area contributed by atoms with Gasteiger partial charge in [0.25, 0.3) is 0 Å². The first-order valence-corrected chi connectivity index (χ1v) is 5.69. The average molecular weight is 209 g/mol. The number of aromatic nitrogens is 1. The number of rotatable bonds is 3. The van der Waals surface area contributed by atoms with Crippen LogP contribution in [0.2, 0.25) is 0 Å². The van der Waals surface area contributed by atoms with Crippen LogP contribution >= 0.6 is 0 Å². The first kappa shape index (κ1) is 10.6. The molecule has 0 amide bonds. The zero-order chi connectivity index (χ0) is 10.7. The maximum atomic E-state index is 5.71. The highest BCUT2D eigenvalue weighted by molar-refractivity contribution is 5.00. The van der Waals surface area contributed by atoms with Gasteiger partial charge in [-0.15, -0.1) is 0 Å². The third kappa shape index (κ3) is 2.79. The summed E-state index contributed by atoms with van der Waals surface area (Å²) in [5.74, 6) is 1.72. The molecule has 3 N–H and O–H groups in total. The zero-order valence-electron chi connectivity index (χ0n) is 9.20. The van der Waals surface area contributed by atoms with Gasteiger partial charge in [0.05, 0.1) is 12.2 Å². The number of nitrogens with zero attached hydrogens (tertiary/aromatic N) is 1. The van der Waals surface area contributed by atoms with Crippen LogP contribution in [0.15, 0.2) is 10.6 Å². The van der Waals surface area contributed by atoms with Crippen LogP contribution in [0.3, 0.4) is 0 Å². The molecule has 1 aromatic heterocycles. The molecule has 1 saturated heterocycles. The number of nitrogens with two attached hydrogens (primary N) is 1. The molecule has 1 aliphatic heterocycles. The molecule has 2 atom stereocenters. The highest BCUT2D eigenvalue weighted by atomic mass is 16.4.